The highest BCUT2D eigenvalue weighted by atomic mass is 35.5. The summed E-state index contributed by atoms with van der Waals surface area (Å²) in [7, 11) is 0. The number of aliphatic carboxylic acids is 1. The number of carbonyl (C=O) groups excluding carboxylic acids is 2. The number of carboxylic acids is 1. The summed E-state index contributed by atoms with van der Waals surface area (Å²) in [5.74, 6) is -0.655. The summed E-state index contributed by atoms with van der Waals surface area (Å²) < 4.78 is 11.9. The maximum atomic E-state index is 13.2. The SMILES string of the molecule is CC(=O)N(c1cccs1)C1C(=O)N2CC(COc3cc(Cl)ccc3Oc3ccc(Cl)cc3Cl)(C(=O)O)CS[C@H]12. The summed E-state index contributed by atoms with van der Waals surface area (Å²) in [4.78, 5) is 41.2. The lowest BCUT2D eigenvalue weighted by molar-refractivity contribution is -0.159. The van der Waals surface area contributed by atoms with Crippen molar-refractivity contribution < 1.29 is 29.0 Å². The number of anilines is 1. The number of thiophene rings is 1. The highest BCUT2D eigenvalue weighted by Crippen LogP contribution is 2.46. The zero-order valence-electron chi connectivity index (χ0n) is 20.3. The zero-order valence-corrected chi connectivity index (χ0v) is 24.2. The van der Waals surface area contributed by atoms with Gasteiger partial charge in [0, 0.05) is 35.3 Å². The third kappa shape index (κ3) is 5.40. The van der Waals surface area contributed by atoms with Crippen molar-refractivity contribution in [2.45, 2.75) is 18.3 Å². The van der Waals surface area contributed by atoms with E-state index in [-0.39, 0.29) is 52.6 Å². The van der Waals surface area contributed by atoms with Crippen molar-refractivity contribution in [1.82, 2.24) is 4.90 Å². The fourth-order valence-corrected chi connectivity index (χ4v) is 7.44. The van der Waals surface area contributed by atoms with Crippen LogP contribution in [0, 0.1) is 5.41 Å². The van der Waals surface area contributed by atoms with Gasteiger partial charge < -0.3 is 19.5 Å². The van der Waals surface area contributed by atoms with E-state index in [0.717, 1.165) is 0 Å². The molecular formula is C26H21Cl3N2O6S2. The molecular weight excluding hydrogens is 607 g/mol. The van der Waals surface area contributed by atoms with E-state index < -0.39 is 17.4 Å². The van der Waals surface area contributed by atoms with Gasteiger partial charge in [-0.3, -0.25) is 19.3 Å². The zero-order chi connectivity index (χ0) is 27.9. The number of fused-ring (bicyclic) bond motifs is 1. The number of carbonyl (C=O) groups is 3. The second-order valence-corrected chi connectivity index (χ2v) is 12.4. The van der Waals surface area contributed by atoms with Crippen molar-refractivity contribution in [2.24, 2.45) is 5.41 Å². The van der Waals surface area contributed by atoms with E-state index in [9.17, 15) is 19.5 Å². The van der Waals surface area contributed by atoms with Crippen LogP contribution in [-0.2, 0) is 14.4 Å². The van der Waals surface area contributed by atoms with Crippen molar-refractivity contribution in [3.05, 3.63) is 69.0 Å². The Bertz CT molecular complexity index is 1440. The van der Waals surface area contributed by atoms with E-state index in [1.807, 2.05) is 11.4 Å². The fourth-order valence-electron chi connectivity index (χ4n) is 4.45. The first kappa shape index (κ1) is 27.9. The first-order valence-corrected chi connectivity index (χ1v) is 14.7. The molecule has 204 valence electrons. The Labute approximate surface area is 247 Å². The Balaban J connectivity index is 1.34. The third-order valence-electron chi connectivity index (χ3n) is 6.46. The Hall–Kier alpha value is -2.63. The highest BCUT2D eigenvalue weighted by Gasteiger charge is 2.60. The molecule has 3 heterocycles. The molecule has 1 aromatic heterocycles. The minimum atomic E-state index is -1.40. The number of rotatable bonds is 8. The molecule has 0 spiro atoms. The van der Waals surface area contributed by atoms with E-state index in [4.69, 9.17) is 44.3 Å². The number of halogens is 3. The van der Waals surface area contributed by atoms with Crippen LogP contribution in [0.5, 0.6) is 17.2 Å². The van der Waals surface area contributed by atoms with Crippen LogP contribution in [0.4, 0.5) is 5.00 Å². The largest absolute Gasteiger partial charge is 0.488 e. The molecule has 39 heavy (non-hydrogen) atoms. The van der Waals surface area contributed by atoms with Gasteiger partial charge in [-0.15, -0.1) is 23.1 Å². The number of β-lactam (4-membered cyclic amide) rings is 1. The van der Waals surface area contributed by atoms with Crippen LogP contribution in [0.2, 0.25) is 15.1 Å². The van der Waals surface area contributed by atoms with Gasteiger partial charge in [0.05, 0.1) is 10.0 Å². The third-order valence-corrected chi connectivity index (χ3v) is 9.66. The lowest BCUT2D eigenvalue weighted by atomic mass is 9.87. The molecule has 2 aliphatic rings. The monoisotopic (exact) mass is 626 g/mol. The Morgan fingerprint density at radius 3 is 2.46 bits per heavy atom. The number of nitrogens with zero attached hydrogens (tertiary/aromatic N) is 2. The molecule has 0 saturated carbocycles. The summed E-state index contributed by atoms with van der Waals surface area (Å²) in [6, 6.07) is 12.4. The van der Waals surface area contributed by atoms with Crippen LogP contribution in [0.15, 0.2) is 53.9 Å². The first-order chi connectivity index (χ1) is 18.6. The molecule has 2 aliphatic heterocycles. The number of benzene rings is 2. The molecule has 13 heteroatoms. The highest BCUT2D eigenvalue weighted by molar-refractivity contribution is 8.00. The Morgan fingerprint density at radius 1 is 1.10 bits per heavy atom. The minimum absolute atomic E-state index is 0.0642. The summed E-state index contributed by atoms with van der Waals surface area (Å²) in [6.07, 6.45) is 0. The summed E-state index contributed by atoms with van der Waals surface area (Å²) in [6.45, 7) is 1.11. The van der Waals surface area contributed by atoms with Crippen LogP contribution in [0.25, 0.3) is 0 Å². The molecule has 0 radical (unpaired) electrons. The van der Waals surface area contributed by atoms with Crippen molar-refractivity contribution in [1.29, 1.82) is 0 Å². The smallest absolute Gasteiger partial charge is 0.315 e. The number of amides is 2. The average Bonchev–Trinajstić information content (AvgIpc) is 3.42. The number of carboxylic acid groups (broad SMARTS) is 1. The van der Waals surface area contributed by atoms with E-state index in [1.165, 1.54) is 52.0 Å². The van der Waals surface area contributed by atoms with Crippen molar-refractivity contribution >= 4 is 80.7 Å². The molecule has 1 N–H and O–H groups in total. The standard InChI is InChI=1S/C26H21Cl3N2O6S2/c1-14(32)31(21-3-2-8-38-21)22-23(33)30-11-26(25(34)35,13-39-24(22)30)12-36-20-10-16(28)5-7-19(20)37-18-6-4-15(27)9-17(18)29/h2-10,22,24H,11-13H2,1H3,(H,34,35)/t22?,24-,26?/m1/s1. The number of ether oxygens (including phenoxy) is 2. The molecule has 5 rings (SSSR count). The molecule has 2 fully saturated rings. The molecule has 3 aromatic rings. The topological polar surface area (TPSA) is 96.4 Å². The number of hydrogen-bond acceptors (Lipinski definition) is 7. The first-order valence-electron chi connectivity index (χ1n) is 11.6. The average molecular weight is 628 g/mol. The molecule has 2 unspecified atom stereocenters. The van der Waals surface area contributed by atoms with Gasteiger partial charge in [-0.2, -0.15) is 0 Å². The van der Waals surface area contributed by atoms with Crippen LogP contribution in [0.3, 0.4) is 0 Å². The van der Waals surface area contributed by atoms with Gasteiger partial charge >= 0.3 is 5.97 Å². The fraction of sp³-hybridized carbons (Fsp3) is 0.269. The predicted octanol–water partition coefficient (Wildman–Crippen LogP) is 6.29. The molecule has 2 saturated heterocycles. The summed E-state index contributed by atoms with van der Waals surface area (Å²) >= 11 is 21.1. The normalized spacial score (nSPS) is 22.1. The lowest BCUT2D eigenvalue weighted by Gasteiger charge is -2.55. The Kier molecular flexibility index (Phi) is 7.94. The molecule has 2 amide bonds. The van der Waals surface area contributed by atoms with Crippen LogP contribution in [0.1, 0.15) is 6.92 Å². The van der Waals surface area contributed by atoms with Crippen molar-refractivity contribution in [3.8, 4) is 17.2 Å². The van der Waals surface area contributed by atoms with Gasteiger partial charge in [0.2, 0.25) is 11.8 Å². The van der Waals surface area contributed by atoms with E-state index in [0.29, 0.717) is 20.8 Å². The molecule has 2 aromatic carbocycles. The Morgan fingerprint density at radius 2 is 1.82 bits per heavy atom. The van der Waals surface area contributed by atoms with Gasteiger partial charge in [0.15, 0.2) is 11.5 Å². The van der Waals surface area contributed by atoms with E-state index in [1.54, 1.807) is 30.3 Å². The van der Waals surface area contributed by atoms with E-state index >= 15 is 0 Å². The van der Waals surface area contributed by atoms with E-state index in [2.05, 4.69) is 0 Å². The summed E-state index contributed by atoms with van der Waals surface area (Å²) in [5, 5.41) is 13.5. The van der Waals surface area contributed by atoms with Crippen molar-refractivity contribution in [3.63, 3.8) is 0 Å². The van der Waals surface area contributed by atoms with Gasteiger partial charge in [-0.1, -0.05) is 34.8 Å². The quantitative estimate of drug-likeness (QED) is 0.293. The molecule has 0 bridgehead atoms. The minimum Gasteiger partial charge on any atom is -0.488 e. The van der Waals surface area contributed by atoms with Crippen LogP contribution < -0.4 is 14.4 Å². The lowest BCUT2D eigenvalue weighted by Crippen LogP contribution is -2.74. The number of hydrogen-bond donors (Lipinski definition) is 1. The maximum absolute atomic E-state index is 13.2. The second-order valence-electron chi connectivity index (χ2n) is 9.09. The molecule has 0 aliphatic carbocycles. The van der Waals surface area contributed by atoms with Gasteiger partial charge in [-0.25, -0.2) is 0 Å². The predicted molar refractivity (Wildman–Crippen MR) is 153 cm³/mol. The van der Waals surface area contributed by atoms with Gasteiger partial charge in [0.1, 0.15) is 29.2 Å². The van der Waals surface area contributed by atoms with Crippen LogP contribution in [-0.4, -0.2) is 58.1 Å². The van der Waals surface area contributed by atoms with Gasteiger partial charge in [0.25, 0.3) is 0 Å². The maximum Gasteiger partial charge on any atom is 0.315 e. The number of thioether (sulfide) groups is 1. The van der Waals surface area contributed by atoms with Crippen molar-refractivity contribution in [2.75, 3.05) is 23.8 Å². The molecule has 8 nitrogen and oxygen atoms in total. The second kappa shape index (κ2) is 11.1. The van der Waals surface area contributed by atoms with Crippen LogP contribution >= 0.6 is 57.9 Å². The van der Waals surface area contributed by atoms with Gasteiger partial charge in [-0.05, 0) is 47.8 Å². The molecule has 3 atom stereocenters. The summed E-state index contributed by atoms with van der Waals surface area (Å²) in [5.41, 5.74) is -1.40.